The molecule has 0 aromatic heterocycles. The molecule has 0 aliphatic rings. The highest BCUT2D eigenvalue weighted by Crippen LogP contribution is 2.23. The number of carbonyl (C=O) groups excluding carboxylic acids is 1. The van der Waals surface area contributed by atoms with Crippen molar-refractivity contribution in [2.24, 2.45) is 0 Å². The quantitative estimate of drug-likeness (QED) is 0.809. The maximum Gasteiger partial charge on any atom is 0.252 e. The molecule has 0 fully saturated rings. The minimum atomic E-state index is -0.206. The number of nitrogens with two attached hydrogens (primary N) is 1. The summed E-state index contributed by atoms with van der Waals surface area (Å²) >= 11 is 9.18. The second-order valence-electron chi connectivity index (χ2n) is 4.38. The fourth-order valence-corrected chi connectivity index (χ4v) is 2.74. The molecular formula is C15H14BrClN2O2. The molecule has 110 valence electrons. The van der Waals surface area contributed by atoms with E-state index in [0.717, 1.165) is 5.56 Å². The summed E-state index contributed by atoms with van der Waals surface area (Å²) in [6.45, 7) is 0.322. The normalized spacial score (nSPS) is 10.2. The molecule has 4 nitrogen and oxygen atoms in total. The van der Waals surface area contributed by atoms with Gasteiger partial charge in [0.05, 0.1) is 12.7 Å². The number of nitrogens with one attached hydrogen (secondary N) is 1. The lowest BCUT2D eigenvalue weighted by Crippen LogP contribution is -2.23. The van der Waals surface area contributed by atoms with E-state index in [-0.39, 0.29) is 5.91 Å². The smallest absolute Gasteiger partial charge is 0.252 e. The lowest BCUT2D eigenvalue weighted by molar-refractivity contribution is 0.0950. The fraction of sp³-hybridized carbons (Fsp3) is 0.133. The van der Waals surface area contributed by atoms with Crippen LogP contribution in [-0.2, 0) is 6.54 Å². The SMILES string of the molecule is COc1ccc(N)cc1CNC(=O)c1ccc(Cl)cc1Br. The molecule has 3 N–H and O–H groups in total. The average Bonchev–Trinajstić information content (AvgIpc) is 2.45. The van der Waals surface area contributed by atoms with Gasteiger partial charge in [0, 0.05) is 27.3 Å². The highest BCUT2D eigenvalue weighted by atomic mass is 79.9. The Kier molecular flexibility index (Phi) is 5.09. The van der Waals surface area contributed by atoms with Crippen molar-refractivity contribution in [1.82, 2.24) is 5.32 Å². The average molecular weight is 370 g/mol. The van der Waals surface area contributed by atoms with Crippen molar-refractivity contribution < 1.29 is 9.53 Å². The van der Waals surface area contributed by atoms with E-state index in [9.17, 15) is 4.79 Å². The van der Waals surface area contributed by atoms with Crippen LogP contribution < -0.4 is 15.8 Å². The molecule has 0 atom stereocenters. The molecule has 0 unspecified atom stereocenters. The number of hydrogen-bond donors (Lipinski definition) is 2. The molecule has 21 heavy (non-hydrogen) atoms. The first kappa shape index (κ1) is 15.7. The predicted molar refractivity (Wildman–Crippen MR) is 87.7 cm³/mol. The summed E-state index contributed by atoms with van der Waals surface area (Å²) in [5, 5.41) is 3.40. The Hall–Kier alpha value is -1.72. The maximum absolute atomic E-state index is 12.2. The third kappa shape index (κ3) is 3.89. The molecule has 0 aliphatic carbocycles. The van der Waals surface area contributed by atoms with Gasteiger partial charge in [0.1, 0.15) is 5.75 Å². The Labute approximate surface area is 136 Å². The van der Waals surface area contributed by atoms with Gasteiger partial charge in [-0.05, 0) is 52.3 Å². The molecule has 1 amide bonds. The first-order valence-electron chi connectivity index (χ1n) is 6.17. The van der Waals surface area contributed by atoms with Crippen molar-refractivity contribution in [3.63, 3.8) is 0 Å². The van der Waals surface area contributed by atoms with E-state index in [2.05, 4.69) is 21.2 Å². The van der Waals surface area contributed by atoms with Gasteiger partial charge in [0.25, 0.3) is 5.91 Å². The van der Waals surface area contributed by atoms with Crippen LogP contribution in [0.15, 0.2) is 40.9 Å². The van der Waals surface area contributed by atoms with Gasteiger partial charge in [-0.15, -0.1) is 0 Å². The van der Waals surface area contributed by atoms with Crippen molar-refractivity contribution in [1.29, 1.82) is 0 Å². The topological polar surface area (TPSA) is 64.3 Å². The van der Waals surface area contributed by atoms with Crippen LogP contribution in [0.25, 0.3) is 0 Å². The van der Waals surface area contributed by atoms with Gasteiger partial charge in [-0.1, -0.05) is 11.6 Å². The zero-order chi connectivity index (χ0) is 15.4. The highest BCUT2D eigenvalue weighted by molar-refractivity contribution is 9.10. The molecule has 0 heterocycles. The predicted octanol–water partition coefficient (Wildman–Crippen LogP) is 3.62. The Morgan fingerprint density at radius 3 is 2.76 bits per heavy atom. The Balaban J connectivity index is 2.12. The van der Waals surface area contributed by atoms with E-state index in [0.29, 0.717) is 33.0 Å². The number of ether oxygens (including phenoxy) is 1. The Morgan fingerprint density at radius 1 is 1.33 bits per heavy atom. The number of carbonyl (C=O) groups is 1. The van der Waals surface area contributed by atoms with Crippen molar-refractivity contribution >= 4 is 39.1 Å². The molecule has 0 bridgehead atoms. The summed E-state index contributed by atoms with van der Waals surface area (Å²) in [5.41, 5.74) is 7.70. The van der Waals surface area contributed by atoms with E-state index >= 15 is 0 Å². The second kappa shape index (κ2) is 6.83. The zero-order valence-corrected chi connectivity index (χ0v) is 13.7. The van der Waals surface area contributed by atoms with Crippen molar-refractivity contribution in [3.05, 3.63) is 57.0 Å². The van der Waals surface area contributed by atoms with Crippen LogP contribution in [-0.4, -0.2) is 13.0 Å². The van der Waals surface area contributed by atoms with Crippen LogP contribution in [0.2, 0.25) is 5.02 Å². The number of benzene rings is 2. The lowest BCUT2D eigenvalue weighted by atomic mass is 10.1. The van der Waals surface area contributed by atoms with Gasteiger partial charge in [0.15, 0.2) is 0 Å². The van der Waals surface area contributed by atoms with Crippen molar-refractivity contribution in [3.8, 4) is 5.75 Å². The molecule has 0 radical (unpaired) electrons. The van der Waals surface area contributed by atoms with Gasteiger partial charge < -0.3 is 15.8 Å². The molecule has 6 heteroatoms. The maximum atomic E-state index is 12.2. The number of rotatable bonds is 4. The highest BCUT2D eigenvalue weighted by Gasteiger charge is 2.11. The number of amides is 1. The summed E-state index contributed by atoms with van der Waals surface area (Å²) in [4.78, 5) is 12.2. The van der Waals surface area contributed by atoms with Crippen LogP contribution in [0.5, 0.6) is 5.75 Å². The number of methoxy groups -OCH3 is 1. The summed E-state index contributed by atoms with van der Waals surface area (Å²) < 4.78 is 5.89. The van der Waals surface area contributed by atoms with Crippen LogP contribution in [0.4, 0.5) is 5.69 Å². The molecule has 0 saturated heterocycles. The Bertz CT molecular complexity index is 677. The standard InChI is InChI=1S/C15H14BrClN2O2/c1-21-14-5-3-11(18)6-9(14)8-19-15(20)12-4-2-10(17)7-13(12)16/h2-7H,8,18H2,1H3,(H,19,20). The van der Waals surface area contributed by atoms with Crippen molar-refractivity contribution in [2.75, 3.05) is 12.8 Å². The number of hydrogen-bond acceptors (Lipinski definition) is 3. The summed E-state index contributed by atoms with van der Waals surface area (Å²) in [5.74, 6) is 0.475. The second-order valence-corrected chi connectivity index (χ2v) is 5.67. The first-order valence-corrected chi connectivity index (χ1v) is 7.34. The molecule has 0 spiro atoms. The minimum Gasteiger partial charge on any atom is -0.496 e. The number of nitrogen functional groups attached to an aromatic ring is 1. The fourth-order valence-electron chi connectivity index (χ4n) is 1.88. The van der Waals surface area contributed by atoms with E-state index in [4.69, 9.17) is 22.1 Å². The molecule has 2 rings (SSSR count). The van der Waals surface area contributed by atoms with Gasteiger partial charge >= 0.3 is 0 Å². The van der Waals surface area contributed by atoms with E-state index in [1.165, 1.54) is 0 Å². The van der Waals surface area contributed by atoms with E-state index < -0.39 is 0 Å². The Morgan fingerprint density at radius 2 is 2.10 bits per heavy atom. The van der Waals surface area contributed by atoms with Gasteiger partial charge in [0.2, 0.25) is 0 Å². The summed E-state index contributed by atoms with van der Waals surface area (Å²) in [6, 6.07) is 10.3. The van der Waals surface area contributed by atoms with Crippen LogP contribution in [0, 0.1) is 0 Å². The van der Waals surface area contributed by atoms with Gasteiger partial charge in [-0.3, -0.25) is 4.79 Å². The van der Waals surface area contributed by atoms with E-state index in [1.54, 1.807) is 43.5 Å². The van der Waals surface area contributed by atoms with Crippen molar-refractivity contribution in [2.45, 2.75) is 6.54 Å². The molecule has 0 saturated carbocycles. The summed E-state index contributed by atoms with van der Waals surface area (Å²) in [7, 11) is 1.58. The van der Waals surface area contributed by atoms with Crippen LogP contribution in [0.3, 0.4) is 0 Å². The van der Waals surface area contributed by atoms with Gasteiger partial charge in [-0.25, -0.2) is 0 Å². The lowest BCUT2D eigenvalue weighted by Gasteiger charge is -2.11. The largest absolute Gasteiger partial charge is 0.496 e. The summed E-state index contributed by atoms with van der Waals surface area (Å²) in [6.07, 6.45) is 0. The third-order valence-electron chi connectivity index (χ3n) is 2.92. The third-order valence-corrected chi connectivity index (χ3v) is 3.81. The first-order chi connectivity index (χ1) is 10.0. The van der Waals surface area contributed by atoms with Crippen LogP contribution >= 0.6 is 27.5 Å². The molecular weight excluding hydrogens is 356 g/mol. The monoisotopic (exact) mass is 368 g/mol. The molecule has 0 aliphatic heterocycles. The zero-order valence-electron chi connectivity index (χ0n) is 11.3. The molecule has 2 aromatic carbocycles. The van der Waals surface area contributed by atoms with E-state index in [1.807, 2.05) is 0 Å². The minimum absolute atomic E-state index is 0.206. The van der Waals surface area contributed by atoms with Crippen LogP contribution in [0.1, 0.15) is 15.9 Å². The number of halogens is 2. The van der Waals surface area contributed by atoms with Gasteiger partial charge in [-0.2, -0.15) is 0 Å². The molecule has 2 aromatic rings. The number of anilines is 1.